The summed E-state index contributed by atoms with van der Waals surface area (Å²) >= 11 is 0. The molecule has 576 valence electrons. The highest BCUT2D eigenvalue weighted by Crippen LogP contribution is 2.45. The van der Waals surface area contributed by atoms with Crippen molar-refractivity contribution in [2.75, 3.05) is 39.6 Å². The first kappa shape index (κ1) is 95.1. The maximum Gasteiger partial charge on any atom is 0.472 e. The Morgan fingerprint density at radius 3 is 0.701 bits per heavy atom. The number of phosphoric acid groups is 2. The Bertz CT molecular complexity index is 1890. The number of carbonyl (C=O) groups is 4. The van der Waals surface area contributed by atoms with Crippen molar-refractivity contribution in [3.05, 3.63) is 0 Å². The molecule has 0 aliphatic carbocycles. The number of esters is 4. The molecule has 3 N–H and O–H groups in total. The zero-order chi connectivity index (χ0) is 71.6. The Morgan fingerprint density at radius 2 is 0.474 bits per heavy atom. The van der Waals surface area contributed by atoms with Crippen molar-refractivity contribution in [3.63, 3.8) is 0 Å². The molecule has 0 spiro atoms. The number of unbranched alkanes of at least 4 members (excludes halogenated alkanes) is 44. The zero-order valence-corrected chi connectivity index (χ0v) is 65.3. The summed E-state index contributed by atoms with van der Waals surface area (Å²) in [6, 6.07) is 0. The number of hydrogen-bond acceptors (Lipinski definition) is 15. The van der Waals surface area contributed by atoms with E-state index in [4.69, 9.17) is 37.0 Å². The van der Waals surface area contributed by atoms with Crippen LogP contribution in [-0.2, 0) is 65.4 Å². The molecular weight excluding hydrogens is 1270 g/mol. The Balaban J connectivity index is 5.25. The van der Waals surface area contributed by atoms with E-state index in [1.54, 1.807) is 0 Å². The topological polar surface area (TPSA) is 237 Å². The quantitative estimate of drug-likeness (QED) is 0.0222. The van der Waals surface area contributed by atoms with Gasteiger partial charge in [0.25, 0.3) is 0 Å². The molecule has 2 unspecified atom stereocenters. The normalized spacial score (nSPS) is 14.0. The predicted octanol–water partition coefficient (Wildman–Crippen LogP) is 23.0. The van der Waals surface area contributed by atoms with E-state index in [2.05, 4.69) is 48.5 Å². The van der Waals surface area contributed by atoms with Crippen LogP contribution in [0.1, 0.15) is 402 Å². The zero-order valence-electron chi connectivity index (χ0n) is 63.5. The van der Waals surface area contributed by atoms with Crippen molar-refractivity contribution in [1.29, 1.82) is 0 Å². The van der Waals surface area contributed by atoms with E-state index in [1.165, 1.54) is 212 Å². The van der Waals surface area contributed by atoms with Gasteiger partial charge in [-0.3, -0.25) is 37.3 Å². The molecule has 17 nitrogen and oxygen atoms in total. The van der Waals surface area contributed by atoms with Crippen LogP contribution >= 0.6 is 15.6 Å². The molecular formula is C78H152O17P2. The lowest BCUT2D eigenvalue weighted by Gasteiger charge is -2.21. The van der Waals surface area contributed by atoms with Gasteiger partial charge in [-0.25, -0.2) is 9.13 Å². The lowest BCUT2D eigenvalue weighted by Crippen LogP contribution is -2.30. The molecule has 0 heterocycles. The smallest absolute Gasteiger partial charge is 0.462 e. The summed E-state index contributed by atoms with van der Waals surface area (Å²) < 4.78 is 68.6. The standard InChI is InChI=1S/C78H152O17P2/c1-8-9-10-11-12-13-14-25-31-40-47-54-61-77(82)95-74(66-89-76(81)60-53-46-39-34-33-37-44-51-58-71(6)7)68-93-97(86,87)91-64-72(79)63-90-96(84,85)92-67-73(65-88-75(80)59-52-45-38-30-26-22-18-20-24-29-36-43-50-57-70(4)5)94-78(83)62-55-48-41-32-27-21-17-15-16-19-23-28-35-42-49-56-69(2)3/h69-74,79H,8-68H2,1-7H3,(H,84,85)(H,86,87)/t72-,73-,74-/m1/s1. The lowest BCUT2D eigenvalue weighted by molar-refractivity contribution is -0.161. The van der Waals surface area contributed by atoms with E-state index in [9.17, 15) is 43.2 Å². The van der Waals surface area contributed by atoms with Crippen LogP contribution in [0.3, 0.4) is 0 Å². The molecule has 0 saturated carbocycles. The third kappa shape index (κ3) is 72.2. The van der Waals surface area contributed by atoms with Crippen LogP contribution < -0.4 is 0 Å². The van der Waals surface area contributed by atoms with E-state index < -0.39 is 97.5 Å². The number of carbonyl (C=O) groups excluding carboxylic acids is 4. The molecule has 97 heavy (non-hydrogen) atoms. The summed E-state index contributed by atoms with van der Waals surface area (Å²) in [4.78, 5) is 72.9. The second kappa shape index (κ2) is 68.5. The summed E-state index contributed by atoms with van der Waals surface area (Å²) in [5.41, 5.74) is 0. The van der Waals surface area contributed by atoms with Gasteiger partial charge in [0.2, 0.25) is 0 Å². The summed E-state index contributed by atoms with van der Waals surface area (Å²) in [7, 11) is -9.91. The molecule has 0 aromatic heterocycles. The van der Waals surface area contributed by atoms with Crippen LogP contribution in [0.2, 0.25) is 0 Å². The second-order valence-corrected chi connectivity index (χ2v) is 32.4. The first-order chi connectivity index (χ1) is 46.7. The minimum absolute atomic E-state index is 0.107. The Labute approximate surface area is 594 Å². The van der Waals surface area contributed by atoms with Crippen LogP contribution in [0.4, 0.5) is 0 Å². The van der Waals surface area contributed by atoms with E-state index in [0.29, 0.717) is 25.7 Å². The molecule has 0 aliphatic heterocycles. The van der Waals surface area contributed by atoms with Crippen molar-refractivity contribution in [2.24, 2.45) is 17.8 Å². The fourth-order valence-corrected chi connectivity index (χ4v) is 13.5. The van der Waals surface area contributed by atoms with Gasteiger partial charge in [0.15, 0.2) is 12.2 Å². The van der Waals surface area contributed by atoms with Crippen molar-refractivity contribution >= 4 is 39.5 Å². The van der Waals surface area contributed by atoms with Gasteiger partial charge in [0.05, 0.1) is 26.4 Å². The second-order valence-electron chi connectivity index (χ2n) is 29.5. The van der Waals surface area contributed by atoms with Gasteiger partial charge in [-0.1, -0.05) is 350 Å². The number of rotatable bonds is 76. The SMILES string of the molecule is CCCCCCCCCCCCCCC(=O)O[C@H](COC(=O)CCCCCCCCCCC(C)C)COP(=O)(O)OC[C@H](O)COP(=O)(O)OC[C@@H](COC(=O)CCCCCCCCCCCCCCCC(C)C)OC(=O)CCCCCCCCCCCCCCCCCC(C)C. The first-order valence-corrected chi connectivity index (χ1v) is 43.3. The predicted molar refractivity (Wildman–Crippen MR) is 395 cm³/mol. The van der Waals surface area contributed by atoms with Crippen LogP contribution in [-0.4, -0.2) is 96.7 Å². The van der Waals surface area contributed by atoms with Gasteiger partial charge in [-0.05, 0) is 43.4 Å². The van der Waals surface area contributed by atoms with Gasteiger partial charge in [0, 0.05) is 25.7 Å². The number of ether oxygens (including phenoxy) is 4. The Kier molecular flexibility index (Phi) is 67.1. The van der Waals surface area contributed by atoms with Gasteiger partial charge < -0.3 is 33.8 Å². The van der Waals surface area contributed by atoms with E-state index >= 15 is 0 Å². The molecule has 19 heteroatoms. The summed E-state index contributed by atoms with van der Waals surface area (Å²) in [6.45, 7) is 11.9. The summed E-state index contributed by atoms with van der Waals surface area (Å²) in [5.74, 6) is 0.206. The summed E-state index contributed by atoms with van der Waals surface area (Å²) in [6.07, 6.45) is 55.4. The molecule has 0 fully saturated rings. The van der Waals surface area contributed by atoms with Crippen molar-refractivity contribution < 1.29 is 80.2 Å². The Hall–Kier alpha value is -1.94. The minimum Gasteiger partial charge on any atom is -0.462 e. The molecule has 0 aliphatic rings. The molecule has 0 saturated heterocycles. The largest absolute Gasteiger partial charge is 0.472 e. The minimum atomic E-state index is -4.96. The fourth-order valence-electron chi connectivity index (χ4n) is 12.0. The van der Waals surface area contributed by atoms with E-state index in [-0.39, 0.29) is 25.7 Å². The van der Waals surface area contributed by atoms with Gasteiger partial charge in [0.1, 0.15) is 19.3 Å². The van der Waals surface area contributed by atoms with Crippen LogP contribution in [0.25, 0.3) is 0 Å². The first-order valence-electron chi connectivity index (χ1n) is 40.3. The van der Waals surface area contributed by atoms with Gasteiger partial charge in [-0.2, -0.15) is 0 Å². The van der Waals surface area contributed by atoms with Crippen LogP contribution in [0, 0.1) is 17.8 Å². The average molecular weight is 1420 g/mol. The third-order valence-corrected chi connectivity index (χ3v) is 20.0. The van der Waals surface area contributed by atoms with Gasteiger partial charge in [-0.15, -0.1) is 0 Å². The highest BCUT2D eigenvalue weighted by atomic mass is 31.2. The molecule has 0 amide bonds. The highest BCUT2D eigenvalue weighted by molar-refractivity contribution is 7.47. The molecule has 0 rings (SSSR count). The molecule has 0 radical (unpaired) electrons. The highest BCUT2D eigenvalue weighted by Gasteiger charge is 2.30. The fraction of sp³-hybridized carbons (Fsp3) is 0.949. The Morgan fingerprint density at radius 1 is 0.278 bits per heavy atom. The van der Waals surface area contributed by atoms with E-state index in [1.807, 2.05) is 0 Å². The molecule has 0 aromatic rings. The number of hydrogen-bond donors (Lipinski definition) is 3. The number of phosphoric ester groups is 2. The van der Waals surface area contributed by atoms with Crippen molar-refractivity contribution in [1.82, 2.24) is 0 Å². The third-order valence-electron chi connectivity index (χ3n) is 18.1. The van der Waals surface area contributed by atoms with E-state index in [0.717, 1.165) is 108 Å². The lowest BCUT2D eigenvalue weighted by atomic mass is 10.0. The molecule has 0 bridgehead atoms. The summed E-state index contributed by atoms with van der Waals surface area (Å²) in [5, 5.41) is 10.6. The number of aliphatic hydroxyl groups excluding tert-OH is 1. The maximum absolute atomic E-state index is 13.1. The molecule has 5 atom stereocenters. The van der Waals surface area contributed by atoms with Gasteiger partial charge >= 0.3 is 39.5 Å². The number of aliphatic hydroxyl groups is 1. The van der Waals surface area contributed by atoms with Crippen molar-refractivity contribution in [3.8, 4) is 0 Å². The molecule has 0 aromatic carbocycles. The van der Waals surface area contributed by atoms with Crippen LogP contribution in [0.5, 0.6) is 0 Å². The average Bonchev–Trinajstić information content (AvgIpc) is 1.07. The van der Waals surface area contributed by atoms with Crippen LogP contribution in [0.15, 0.2) is 0 Å². The van der Waals surface area contributed by atoms with Crippen molar-refractivity contribution in [2.45, 2.75) is 420 Å². The maximum atomic E-state index is 13.1. The monoisotopic (exact) mass is 1420 g/mol.